The lowest BCUT2D eigenvalue weighted by Gasteiger charge is -2.21. The molecule has 0 unspecified atom stereocenters. The van der Waals surface area contributed by atoms with Gasteiger partial charge < -0.3 is 19.9 Å². The molecule has 7 nitrogen and oxygen atoms in total. The maximum Gasteiger partial charge on any atom is 0.318 e. The molecular formula is C17H21N5O2S. The Labute approximate surface area is 150 Å². The number of benzene rings is 1. The first kappa shape index (κ1) is 17.4. The molecule has 0 saturated carbocycles. The number of fused-ring (bicyclic) bond motifs is 1. The van der Waals surface area contributed by atoms with E-state index in [0.29, 0.717) is 26.2 Å². The minimum absolute atomic E-state index is 0.163. The first-order chi connectivity index (χ1) is 12.2. The van der Waals surface area contributed by atoms with E-state index in [2.05, 4.69) is 20.3 Å². The zero-order valence-corrected chi connectivity index (χ0v) is 15.1. The minimum Gasteiger partial charge on any atom is -0.383 e. The van der Waals surface area contributed by atoms with Crippen molar-refractivity contribution in [3.05, 3.63) is 46.2 Å². The average Bonchev–Trinajstić information content (AvgIpc) is 3.25. The van der Waals surface area contributed by atoms with Gasteiger partial charge in [-0.05, 0) is 24.6 Å². The number of aryl methyl sites for hydroxylation is 1. The van der Waals surface area contributed by atoms with Gasteiger partial charge in [-0.3, -0.25) is 0 Å². The molecule has 0 aliphatic carbocycles. The van der Waals surface area contributed by atoms with Gasteiger partial charge in [0.05, 0.1) is 30.7 Å². The number of nitrogens with one attached hydrogen (secondary N) is 2. The quantitative estimate of drug-likeness (QED) is 0.679. The number of amides is 2. The fourth-order valence-electron chi connectivity index (χ4n) is 2.48. The Morgan fingerprint density at radius 3 is 3.08 bits per heavy atom. The summed E-state index contributed by atoms with van der Waals surface area (Å²) in [7, 11) is 1.62. The van der Waals surface area contributed by atoms with Crippen LogP contribution in [0.4, 0.5) is 4.79 Å². The molecule has 2 amide bonds. The highest BCUT2D eigenvalue weighted by molar-refractivity contribution is 7.09. The van der Waals surface area contributed by atoms with Crippen LogP contribution in [0.5, 0.6) is 0 Å². The highest BCUT2D eigenvalue weighted by Gasteiger charge is 2.15. The molecule has 25 heavy (non-hydrogen) atoms. The number of H-pyrrole nitrogens is 1. The van der Waals surface area contributed by atoms with Gasteiger partial charge >= 0.3 is 6.03 Å². The molecule has 0 bridgehead atoms. The molecule has 0 aliphatic heterocycles. The predicted molar refractivity (Wildman–Crippen MR) is 97.5 cm³/mol. The van der Waals surface area contributed by atoms with Crippen molar-refractivity contribution in [3.8, 4) is 0 Å². The molecule has 1 aromatic carbocycles. The first-order valence-corrected chi connectivity index (χ1v) is 8.89. The molecule has 3 aromatic rings. The van der Waals surface area contributed by atoms with Gasteiger partial charge in [0.1, 0.15) is 10.8 Å². The minimum atomic E-state index is -0.163. The average molecular weight is 359 g/mol. The van der Waals surface area contributed by atoms with Gasteiger partial charge in [-0.25, -0.2) is 14.8 Å². The lowest BCUT2D eigenvalue weighted by molar-refractivity contribution is 0.146. The largest absolute Gasteiger partial charge is 0.383 e. The SMILES string of the molecule is COCCN(Cc1nccs1)C(=O)NCc1nc2ccc(C)cc2[nH]1. The third kappa shape index (κ3) is 4.55. The monoisotopic (exact) mass is 359 g/mol. The summed E-state index contributed by atoms with van der Waals surface area (Å²) < 4.78 is 5.10. The van der Waals surface area contributed by atoms with Crippen molar-refractivity contribution in [1.82, 2.24) is 25.2 Å². The Balaban J connectivity index is 1.62. The summed E-state index contributed by atoms with van der Waals surface area (Å²) in [5, 5.41) is 5.71. The van der Waals surface area contributed by atoms with Crippen LogP contribution < -0.4 is 5.32 Å². The number of hydrogen-bond acceptors (Lipinski definition) is 5. The predicted octanol–water partition coefficient (Wildman–Crippen LogP) is 2.69. The number of thiazole rings is 1. The zero-order chi connectivity index (χ0) is 17.6. The van der Waals surface area contributed by atoms with E-state index in [1.165, 1.54) is 16.9 Å². The van der Waals surface area contributed by atoms with Gasteiger partial charge in [0.25, 0.3) is 0 Å². The molecular weight excluding hydrogens is 338 g/mol. The van der Waals surface area contributed by atoms with E-state index in [1.807, 2.05) is 30.5 Å². The Hall–Kier alpha value is -2.45. The fraction of sp³-hybridized carbons (Fsp3) is 0.353. The zero-order valence-electron chi connectivity index (χ0n) is 14.3. The van der Waals surface area contributed by atoms with Crippen LogP contribution in [-0.2, 0) is 17.8 Å². The third-order valence-corrected chi connectivity index (χ3v) is 4.52. The third-order valence-electron chi connectivity index (χ3n) is 3.76. The molecule has 132 valence electrons. The van der Waals surface area contributed by atoms with Gasteiger partial charge in [-0.1, -0.05) is 6.07 Å². The van der Waals surface area contributed by atoms with Gasteiger partial charge in [0.2, 0.25) is 0 Å². The van der Waals surface area contributed by atoms with Crippen LogP contribution in [-0.4, -0.2) is 46.1 Å². The van der Waals surface area contributed by atoms with Gasteiger partial charge in [0, 0.05) is 25.2 Å². The highest BCUT2D eigenvalue weighted by Crippen LogP contribution is 2.13. The number of hydrogen-bond donors (Lipinski definition) is 2. The van der Waals surface area contributed by atoms with Crippen LogP contribution in [0.1, 0.15) is 16.4 Å². The Bertz CT molecular complexity index is 831. The maximum atomic E-state index is 12.5. The molecule has 8 heteroatoms. The van der Waals surface area contributed by atoms with Crippen molar-refractivity contribution in [1.29, 1.82) is 0 Å². The van der Waals surface area contributed by atoms with Crippen molar-refractivity contribution in [2.24, 2.45) is 0 Å². The molecule has 0 saturated heterocycles. The number of aromatic amines is 1. The van der Waals surface area contributed by atoms with E-state index in [-0.39, 0.29) is 6.03 Å². The van der Waals surface area contributed by atoms with Gasteiger partial charge in [0.15, 0.2) is 0 Å². The molecule has 2 aromatic heterocycles. The first-order valence-electron chi connectivity index (χ1n) is 8.01. The normalized spacial score (nSPS) is 11.0. The summed E-state index contributed by atoms with van der Waals surface area (Å²) in [4.78, 5) is 26.2. The highest BCUT2D eigenvalue weighted by atomic mass is 32.1. The number of rotatable bonds is 7. The molecule has 2 N–H and O–H groups in total. The van der Waals surface area contributed by atoms with E-state index >= 15 is 0 Å². The molecule has 0 spiro atoms. The van der Waals surface area contributed by atoms with E-state index in [4.69, 9.17) is 4.74 Å². The molecule has 2 heterocycles. The van der Waals surface area contributed by atoms with Crippen LogP contribution in [0, 0.1) is 6.92 Å². The van der Waals surface area contributed by atoms with E-state index in [0.717, 1.165) is 21.9 Å². The van der Waals surface area contributed by atoms with Crippen LogP contribution in [0.25, 0.3) is 11.0 Å². The Morgan fingerprint density at radius 1 is 1.44 bits per heavy atom. The number of ether oxygens (including phenoxy) is 1. The molecule has 3 rings (SSSR count). The topological polar surface area (TPSA) is 83.1 Å². The smallest absolute Gasteiger partial charge is 0.318 e. The van der Waals surface area contributed by atoms with E-state index in [1.54, 1.807) is 18.2 Å². The van der Waals surface area contributed by atoms with Crippen LogP contribution in [0.2, 0.25) is 0 Å². The lowest BCUT2D eigenvalue weighted by Crippen LogP contribution is -2.41. The van der Waals surface area contributed by atoms with Crippen LogP contribution in [0.3, 0.4) is 0 Å². The number of carbonyl (C=O) groups excluding carboxylic acids is 1. The second-order valence-corrected chi connectivity index (χ2v) is 6.68. The summed E-state index contributed by atoms with van der Waals surface area (Å²) in [6.07, 6.45) is 1.74. The van der Waals surface area contributed by atoms with Crippen LogP contribution >= 0.6 is 11.3 Å². The molecule has 0 aliphatic rings. The second-order valence-electron chi connectivity index (χ2n) is 5.70. The number of carbonyl (C=O) groups is 1. The van der Waals surface area contributed by atoms with Crippen molar-refractivity contribution in [3.63, 3.8) is 0 Å². The van der Waals surface area contributed by atoms with Crippen molar-refractivity contribution >= 4 is 28.4 Å². The Morgan fingerprint density at radius 2 is 2.32 bits per heavy atom. The number of imidazole rings is 1. The van der Waals surface area contributed by atoms with E-state index in [9.17, 15) is 4.79 Å². The summed E-state index contributed by atoms with van der Waals surface area (Å²) >= 11 is 1.53. The standard InChI is InChI=1S/C17H21N5O2S/c1-12-3-4-13-14(9-12)21-15(20-13)10-19-17(23)22(6-7-24-2)11-16-18-5-8-25-16/h3-5,8-9H,6-7,10-11H2,1-2H3,(H,19,23)(H,20,21). The molecule has 0 fully saturated rings. The molecule has 0 radical (unpaired) electrons. The van der Waals surface area contributed by atoms with Crippen molar-refractivity contribution < 1.29 is 9.53 Å². The van der Waals surface area contributed by atoms with Gasteiger partial charge in [-0.2, -0.15) is 0 Å². The summed E-state index contributed by atoms with van der Waals surface area (Å²) in [5.74, 6) is 0.731. The summed E-state index contributed by atoms with van der Waals surface area (Å²) in [6, 6.07) is 5.87. The van der Waals surface area contributed by atoms with Crippen molar-refractivity contribution in [2.45, 2.75) is 20.0 Å². The number of nitrogens with zero attached hydrogens (tertiary/aromatic N) is 3. The maximum absolute atomic E-state index is 12.5. The van der Waals surface area contributed by atoms with Gasteiger partial charge in [-0.15, -0.1) is 11.3 Å². The summed E-state index contributed by atoms with van der Waals surface area (Å²) in [6.45, 7) is 3.82. The van der Waals surface area contributed by atoms with Crippen molar-refractivity contribution in [2.75, 3.05) is 20.3 Å². The number of methoxy groups -OCH3 is 1. The Kier molecular flexibility index (Phi) is 5.62. The second kappa shape index (κ2) is 8.09. The number of aromatic nitrogens is 3. The van der Waals surface area contributed by atoms with E-state index < -0.39 is 0 Å². The molecule has 0 atom stereocenters. The van der Waals surface area contributed by atoms with Crippen LogP contribution in [0.15, 0.2) is 29.8 Å². The summed E-state index contributed by atoms with van der Waals surface area (Å²) in [5.41, 5.74) is 3.04. The number of urea groups is 1. The lowest BCUT2D eigenvalue weighted by atomic mass is 10.2. The fourth-order valence-corrected chi connectivity index (χ4v) is 3.11.